The number of aromatic nitrogens is 3. The molecular weight excluding hydrogens is 393 g/mol. The van der Waals surface area contributed by atoms with Crippen molar-refractivity contribution >= 4 is 21.8 Å². The number of benzene rings is 3. The zero-order chi connectivity index (χ0) is 20.9. The summed E-state index contributed by atoms with van der Waals surface area (Å²) in [6, 6.07) is 18.4. The number of halogens is 1. The van der Waals surface area contributed by atoms with Gasteiger partial charge in [-0.1, -0.05) is 29.8 Å². The molecule has 31 heavy (non-hydrogen) atoms. The number of pyridine rings is 1. The molecule has 0 bridgehead atoms. The third kappa shape index (κ3) is 2.91. The van der Waals surface area contributed by atoms with E-state index in [1.807, 2.05) is 23.0 Å². The van der Waals surface area contributed by atoms with Gasteiger partial charge in [0.25, 0.3) is 0 Å². The summed E-state index contributed by atoms with van der Waals surface area (Å²) < 4.78 is 27.0. The topological polar surface area (TPSA) is 49.2 Å². The van der Waals surface area contributed by atoms with Crippen molar-refractivity contribution in [3.05, 3.63) is 78.2 Å². The molecule has 1 aliphatic rings. The summed E-state index contributed by atoms with van der Waals surface area (Å²) in [6.07, 6.45) is 1.84. The van der Waals surface area contributed by atoms with E-state index in [0.717, 1.165) is 38.8 Å². The summed E-state index contributed by atoms with van der Waals surface area (Å²) in [5.74, 6) is 1.10. The number of hydrogen-bond donors (Lipinski definition) is 0. The van der Waals surface area contributed by atoms with Gasteiger partial charge in [0.2, 0.25) is 0 Å². The van der Waals surface area contributed by atoms with Crippen LogP contribution in [0.1, 0.15) is 5.56 Å². The van der Waals surface area contributed by atoms with E-state index in [-0.39, 0.29) is 5.82 Å². The molecule has 0 radical (unpaired) electrons. The lowest BCUT2D eigenvalue weighted by molar-refractivity contribution is 0.172. The van der Waals surface area contributed by atoms with Crippen molar-refractivity contribution < 1.29 is 13.9 Å². The molecule has 6 heteroatoms. The van der Waals surface area contributed by atoms with Gasteiger partial charge in [-0.05, 0) is 37.3 Å². The normalized spacial score (nSPS) is 13.1. The average Bonchev–Trinajstić information content (AvgIpc) is 3.19. The van der Waals surface area contributed by atoms with Crippen LogP contribution in [0.5, 0.6) is 11.5 Å². The van der Waals surface area contributed by atoms with Crippen molar-refractivity contribution in [1.29, 1.82) is 0 Å². The van der Waals surface area contributed by atoms with Crippen LogP contribution in [-0.2, 0) is 0 Å². The van der Waals surface area contributed by atoms with E-state index in [2.05, 4.69) is 31.2 Å². The summed E-state index contributed by atoms with van der Waals surface area (Å²) in [4.78, 5) is 4.69. The summed E-state index contributed by atoms with van der Waals surface area (Å²) >= 11 is 0. The molecule has 5 nitrogen and oxygen atoms in total. The number of rotatable bonds is 2. The molecule has 0 saturated heterocycles. The van der Waals surface area contributed by atoms with Gasteiger partial charge in [-0.25, -0.2) is 9.07 Å². The largest absolute Gasteiger partial charge is 0.486 e. The monoisotopic (exact) mass is 411 g/mol. The Kier molecular flexibility index (Phi) is 3.93. The Balaban J connectivity index is 1.70. The molecule has 0 atom stereocenters. The van der Waals surface area contributed by atoms with E-state index in [1.54, 1.807) is 12.1 Å². The molecule has 3 heterocycles. The summed E-state index contributed by atoms with van der Waals surface area (Å²) in [6.45, 7) is 3.08. The van der Waals surface area contributed by atoms with Crippen molar-refractivity contribution in [2.45, 2.75) is 6.92 Å². The molecule has 6 rings (SSSR count). The van der Waals surface area contributed by atoms with Crippen LogP contribution in [0.2, 0.25) is 0 Å². The van der Waals surface area contributed by atoms with Crippen LogP contribution in [0.4, 0.5) is 4.39 Å². The van der Waals surface area contributed by atoms with Gasteiger partial charge in [0.15, 0.2) is 11.5 Å². The first-order chi connectivity index (χ1) is 15.2. The van der Waals surface area contributed by atoms with Crippen molar-refractivity contribution in [1.82, 2.24) is 14.8 Å². The predicted molar refractivity (Wildman–Crippen MR) is 117 cm³/mol. The lowest BCUT2D eigenvalue weighted by atomic mass is 10.1. The predicted octanol–water partition coefficient (Wildman–Crippen LogP) is 5.46. The summed E-state index contributed by atoms with van der Waals surface area (Å²) in [7, 11) is 0. The van der Waals surface area contributed by atoms with Gasteiger partial charge in [0.05, 0.1) is 16.7 Å². The summed E-state index contributed by atoms with van der Waals surface area (Å²) in [5, 5.41) is 6.75. The second-order valence-corrected chi connectivity index (χ2v) is 7.64. The molecule has 0 unspecified atom stereocenters. The van der Waals surface area contributed by atoms with Gasteiger partial charge in [-0.15, -0.1) is 0 Å². The average molecular weight is 411 g/mol. The van der Waals surface area contributed by atoms with Crippen molar-refractivity contribution in [3.63, 3.8) is 0 Å². The molecule has 2 aromatic heterocycles. The van der Waals surface area contributed by atoms with Crippen LogP contribution >= 0.6 is 0 Å². The molecule has 3 aromatic carbocycles. The van der Waals surface area contributed by atoms with Crippen molar-refractivity contribution in [2.24, 2.45) is 0 Å². The van der Waals surface area contributed by atoms with Crippen LogP contribution in [0.3, 0.4) is 0 Å². The van der Waals surface area contributed by atoms with Crippen molar-refractivity contribution in [3.8, 4) is 28.4 Å². The standard InChI is InChI=1S/C25H18FN3O2/c1-15-2-4-16(5-3-15)24-20-14-27-21-13-23-22(30-10-11-31-23)12-19(21)25(20)29(28-24)18-8-6-17(26)7-9-18/h2-9,12-14H,10-11H2,1H3. The Bertz CT molecular complexity index is 1440. The van der Waals surface area contributed by atoms with Crippen LogP contribution < -0.4 is 9.47 Å². The molecule has 0 aliphatic carbocycles. The van der Waals surface area contributed by atoms with Crippen molar-refractivity contribution in [2.75, 3.05) is 13.2 Å². The fraction of sp³-hybridized carbons (Fsp3) is 0.120. The fourth-order valence-electron chi connectivity index (χ4n) is 4.01. The smallest absolute Gasteiger partial charge is 0.163 e. The number of ether oxygens (including phenoxy) is 2. The third-order valence-electron chi connectivity index (χ3n) is 5.57. The maximum absolute atomic E-state index is 13.6. The maximum atomic E-state index is 13.6. The zero-order valence-corrected chi connectivity index (χ0v) is 16.8. The highest BCUT2D eigenvalue weighted by molar-refractivity contribution is 6.09. The number of hydrogen-bond acceptors (Lipinski definition) is 4. The first-order valence-corrected chi connectivity index (χ1v) is 10.1. The Hall–Kier alpha value is -3.93. The van der Waals surface area contributed by atoms with E-state index in [9.17, 15) is 4.39 Å². The van der Waals surface area contributed by atoms with Gasteiger partial charge < -0.3 is 9.47 Å². The van der Waals surface area contributed by atoms with E-state index in [4.69, 9.17) is 19.6 Å². The second-order valence-electron chi connectivity index (χ2n) is 7.64. The molecule has 5 aromatic rings. The van der Waals surface area contributed by atoms with Gasteiger partial charge in [-0.3, -0.25) is 4.98 Å². The van der Waals surface area contributed by atoms with Crippen LogP contribution in [-0.4, -0.2) is 28.0 Å². The molecule has 0 amide bonds. The SMILES string of the molecule is Cc1ccc(-c2nn(-c3ccc(F)cc3)c3c2cnc2cc4c(cc23)OCCO4)cc1. The molecule has 0 spiro atoms. The second kappa shape index (κ2) is 6.80. The van der Waals surface area contributed by atoms with Gasteiger partial charge in [-0.2, -0.15) is 5.10 Å². The van der Waals surface area contributed by atoms with Gasteiger partial charge in [0, 0.05) is 28.6 Å². The maximum Gasteiger partial charge on any atom is 0.163 e. The van der Waals surface area contributed by atoms with Gasteiger partial charge in [0.1, 0.15) is 24.7 Å². The van der Waals surface area contributed by atoms with Crippen LogP contribution in [0.25, 0.3) is 38.8 Å². The highest BCUT2D eigenvalue weighted by Crippen LogP contribution is 2.39. The minimum absolute atomic E-state index is 0.287. The van der Waals surface area contributed by atoms with E-state index in [0.29, 0.717) is 24.7 Å². The third-order valence-corrected chi connectivity index (χ3v) is 5.57. The quantitative estimate of drug-likeness (QED) is 0.387. The Labute approximate surface area is 177 Å². The zero-order valence-electron chi connectivity index (χ0n) is 16.8. The Morgan fingerprint density at radius 2 is 1.58 bits per heavy atom. The lowest BCUT2D eigenvalue weighted by Gasteiger charge is -2.19. The number of nitrogens with zero attached hydrogens (tertiary/aromatic N) is 3. The van der Waals surface area contributed by atoms with Crippen LogP contribution in [0, 0.1) is 12.7 Å². The Morgan fingerprint density at radius 3 is 2.32 bits per heavy atom. The van der Waals surface area contributed by atoms with E-state index < -0.39 is 0 Å². The molecular formula is C25H18FN3O2. The molecule has 1 aliphatic heterocycles. The Morgan fingerprint density at radius 1 is 0.871 bits per heavy atom. The minimum Gasteiger partial charge on any atom is -0.486 e. The first-order valence-electron chi connectivity index (χ1n) is 10.1. The first kappa shape index (κ1) is 17.9. The van der Waals surface area contributed by atoms with E-state index in [1.165, 1.54) is 17.7 Å². The molecule has 0 fully saturated rings. The molecule has 152 valence electrons. The van der Waals surface area contributed by atoms with Gasteiger partial charge >= 0.3 is 0 Å². The van der Waals surface area contributed by atoms with E-state index >= 15 is 0 Å². The lowest BCUT2D eigenvalue weighted by Crippen LogP contribution is -2.15. The molecule has 0 saturated carbocycles. The highest BCUT2D eigenvalue weighted by Gasteiger charge is 2.20. The summed E-state index contributed by atoms with van der Waals surface area (Å²) in [5.41, 5.74) is 5.45. The molecule has 0 N–H and O–H groups in total. The van der Waals surface area contributed by atoms with Crippen LogP contribution in [0.15, 0.2) is 66.9 Å². The highest BCUT2D eigenvalue weighted by atomic mass is 19.1. The minimum atomic E-state index is -0.287. The number of fused-ring (bicyclic) bond motifs is 4. The fourth-order valence-corrected chi connectivity index (χ4v) is 4.01. The number of aryl methyl sites for hydroxylation is 1.